The van der Waals surface area contributed by atoms with Gasteiger partial charge in [0.15, 0.2) is 6.61 Å². The van der Waals surface area contributed by atoms with Crippen LogP contribution in [-0.2, 0) is 11.2 Å². The van der Waals surface area contributed by atoms with Gasteiger partial charge in [0.25, 0.3) is 5.91 Å². The zero-order chi connectivity index (χ0) is 15.2. The molecular formula is C15H21N3O3. The standard InChI is InChI=1S/C15H21N3O3/c1-2-17-13-5-3-4-10-6-7-11(8-12(10)13)21-9-14(19)18-15(16)20/h6-8,13,17H,2-5,9H2,1H3,(H3,16,18,19,20). The van der Waals surface area contributed by atoms with Gasteiger partial charge in [0.05, 0.1) is 0 Å². The number of fused-ring (bicyclic) bond motifs is 1. The fraction of sp³-hybridized carbons (Fsp3) is 0.467. The highest BCUT2D eigenvalue weighted by Gasteiger charge is 2.20. The summed E-state index contributed by atoms with van der Waals surface area (Å²) in [6.45, 7) is 2.77. The maximum Gasteiger partial charge on any atom is 0.318 e. The lowest BCUT2D eigenvalue weighted by molar-refractivity contribution is -0.121. The van der Waals surface area contributed by atoms with Crippen LogP contribution in [0.2, 0.25) is 0 Å². The number of benzene rings is 1. The number of imide groups is 1. The topological polar surface area (TPSA) is 93.4 Å². The Hall–Kier alpha value is -2.08. The maximum absolute atomic E-state index is 11.3. The summed E-state index contributed by atoms with van der Waals surface area (Å²) in [5, 5.41) is 5.43. The molecule has 0 aromatic heterocycles. The van der Waals surface area contributed by atoms with Crippen LogP contribution in [0, 0.1) is 0 Å². The van der Waals surface area contributed by atoms with Crippen molar-refractivity contribution in [2.75, 3.05) is 13.2 Å². The summed E-state index contributed by atoms with van der Waals surface area (Å²) in [5.74, 6) is 0.0710. The summed E-state index contributed by atoms with van der Waals surface area (Å²) >= 11 is 0. The normalized spacial score (nSPS) is 16.9. The first-order valence-corrected chi connectivity index (χ1v) is 7.18. The van der Waals surface area contributed by atoms with Gasteiger partial charge in [-0.1, -0.05) is 13.0 Å². The van der Waals surface area contributed by atoms with Crippen molar-refractivity contribution < 1.29 is 14.3 Å². The van der Waals surface area contributed by atoms with Gasteiger partial charge in [0, 0.05) is 6.04 Å². The molecule has 3 amide bonds. The molecule has 0 heterocycles. The van der Waals surface area contributed by atoms with Crippen LogP contribution in [0.15, 0.2) is 18.2 Å². The molecule has 4 N–H and O–H groups in total. The predicted molar refractivity (Wildman–Crippen MR) is 79.0 cm³/mol. The Morgan fingerprint density at radius 2 is 2.24 bits per heavy atom. The van der Waals surface area contributed by atoms with E-state index in [0.717, 1.165) is 19.4 Å². The summed E-state index contributed by atoms with van der Waals surface area (Å²) in [6.07, 6.45) is 3.35. The Labute approximate surface area is 124 Å². The second-order valence-corrected chi connectivity index (χ2v) is 5.06. The molecule has 1 aliphatic rings. The highest BCUT2D eigenvalue weighted by atomic mass is 16.5. The number of urea groups is 1. The van der Waals surface area contributed by atoms with E-state index in [1.165, 1.54) is 17.5 Å². The number of hydrogen-bond acceptors (Lipinski definition) is 4. The molecule has 0 radical (unpaired) electrons. The third-order valence-electron chi connectivity index (χ3n) is 3.51. The molecule has 21 heavy (non-hydrogen) atoms. The first kappa shape index (κ1) is 15.3. The van der Waals surface area contributed by atoms with E-state index in [1.54, 1.807) is 0 Å². The molecule has 0 saturated heterocycles. The van der Waals surface area contributed by atoms with Crippen LogP contribution in [0.1, 0.15) is 36.9 Å². The fourth-order valence-corrected chi connectivity index (χ4v) is 2.65. The monoisotopic (exact) mass is 291 g/mol. The fourth-order valence-electron chi connectivity index (χ4n) is 2.65. The van der Waals surface area contributed by atoms with Gasteiger partial charge < -0.3 is 15.8 Å². The first-order chi connectivity index (χ1) is 10.1. The molecule has 0 fully saturated rings. The summed E-state index contributed by atoms with van der Waals surface area (Å²) in [7, 11) is 0. The Kier molecular flexibility index (Phi) is 5.16. The minimum atomic E-state index is -0.874. The SMILES string of the molecule is CCNC1CCCc2ccc(OCC(=O)NC(N)=O)cc21. The van der Waals surface area contributed by atoms with Crippen LogP contribution in [0.3, 0.4) is 0 Å². The van der Waals surface area contributed by atoms with Gasteiger partial charge in [0.2, 0.25) is 0 Å². The van der Waals surface area contributed by atoms with E-state index in [9.17, 15) is 9.59 Å². The molecular weight excluding hydrogens is 270 g/mol. The largest absolute Gasteiger partial charge is 0.484 e. The van der Waals surface area contributed by atoms with E-state index < -0.39 is 11.9 Å². The van der Waals surface area contributed by atoms with Crippen molar-refractivity contribution in [1.82, 2.24) is 10.6 Å². The quantitative estimate of drug-likeness (QED) is 0.761. The Morgan fingerprint density at radius 3 is 2.95 bits per heavy atom. The lowest BCUT2D eigenvalue weighted by Crippen LogP contribution is -2.38. The van der Waals surface area contributed by atoms with Crippen molar-refractivity contribution in [2.45, 2.75) is 32.2 Å². The van der Waals surface area contributed by atoms with E-state index >= 15 is 0 Å². The molecule has 1 aromatic rings. The number of carbonyl (C=O) groups is 2. The van der Waals surface area contributed by atoms with Crippen molar-refractivity contribution in [3.63, 3.8) is 0 Å². The van der Waals surface area contributed by atoms with Gasteiger partial charge in [-0.15, -0.1) is 0 Å². The molecule has 0 bridgehead atoms. The summed E-state index contributed by atoms with van der Waals surface area (Å²) in [4.78, 5) is 21.9. The summed E-state index contributed by atoms with van der Waals surface area (Å²) in [6, 6.07) is 5.33. The van der Waals surface area contributed by atoms with Crippen LogP contribution < -0.4 is 21.1 Å². The predicted octanol–water partition coefficient (Wildman–Crippen LogP) is 1.25. The van der Waals surface area contributed by atoms with Gasteiger partial charge in [-0.2, -0.15) is 0 Å². The molecule has 1 unspecified atom stereocenters. The minimum absolute atomic E-state index is 0.229. The van der Waals surface area contributed by atoms with Gasteiger partial charge >= 0.3 is 6.03 Å². The third-order valence-corrected chi connectivity index (χ3v) is 3.51. The van der Waals surface area contributed by atoms with E-state index in [1.807, 2.05) is 23.5 Å². The molecule has 6 heteroatoms. The second-order valence-electron chi connectivity index (χ2n) is 5.06. The second kappa shape index (κ2) is 7.08. The number of aryl methyl sites for hydroxylation is 1. The van der Waals surface area contributed by atoms with Crippen molar-refractivity contribution in [3.8, 4) is 5.75 Å². The van der Waals surface area contributed by atoms with Crippen molar-refractivity contribution >= 4 is 11.9 Å². The summed E-state index contributed by atoms with van der Waals surface area (Å²) in [5.41, 5.74) is 7.42. The zero-order valence-electron chi connectivity index (χ0n) is 12.1. The molecule has 1 atom stereocenters. The smallest absolute Gasteiger partial charge is 0.318 e. The van der Waals surface area contributed by atoms with Crippen LogP contribution in [0.4, 0.5) is 4.79 Å². The highest BCUT2D eigenvalue weighted by molar-refractivity contribution is 5.94. The van der Waals surface area contributed by atoms with Gasteiger partial charge in [-0.05, 0) is 49.1 Å². The lowest BCUT2D eigenvalue weighted by Gasteiger charge is -2.26. The average Bonchev–Trinajstić information content (AvgIpc) is 2.45. The van der Waals surface area contributed by atoms with E-state index in [0.29, 0.717) is 11.8 Å². The molecule has 2 rings (SSSR count). The molecule has 0 saturated carbocycles. The van der Waals surface area contributed by atoms with E-state index in [2.05, 4.69) is 12.2 Å². The van der Waals surface area contributed by atoms with E-state index in [-0.39, 0.29) is 6.61 Å². The molecule has 6 nitrogen and oxygen atoms in total. The zero-order valence-corrected chi connectivity index (χ0v) is 12.1. The summed E-state index contributed by atoms with van der Waals surface area (Å²) < 4.78 is 5.41. The number of rotatable bonds is 5. The average molecular weight is 291 g/mol. The van der Waals surface area contributed by atoms with Crippen LogP contribution >= 0.6 is 0 Å². The number of carbonyl (C=O) groups excluding carboxylic acids is 2. The van der Waals surface area contributed by atoms with E-state index in [4.69, 9.17) is 10.5 Å². The number of ether oxygens (including phenoxy) is 1. The minimum Gasteiger partial charge on any atom is -0.484 e. The number of nitrogens with two attached hydrogens (primary N) is 1. The van der Waals surface area contributed by atoms with Crippen LogP contribution in [0.5, 0.6) is 5.75 Å². The Balaban J connectivity index is 2.03. The van der Waals surface area contributed by atoms with Crippen LogP contribution in [0.25, 0.3) is 0 Å². The van der Waals surface area contributed by atoms with Crippen molar-refractivity contribution in [3.05, 3.63) is 29.3 Å². The third kappa shape index (κ3) is 4.19. The van der Waals surface area contributed by atoms with Crippen molar-refractivity contribution in [1.29, 1.82) is 0 Å². The molecule has 0 spiro atoms. The molecule has 0 aliphatic heterocycles. The lowest BCUT2D eigenvalue weighted by atomic mass is 9.87. The van der Waals surface area contributed by atoms with Gasteiger partial charge in [0.1, 0.15) is 5.75 Å². The van der Waals surface area contributed by atoms with Crippen molar-refractivity contribution in [2.24, 2.45) is 5.73 Å². The Morgan fingerprint density at radius 1 is 1.43 bits per heavy atom. The first-order valence-electron chi connectivity index (χ1n) is 7.18. The number of nitrogens with one attached hydrogen (secondary N) is 2. The maximum atomic E-state index is 11.3. The molecule has 1 aliphatic carbocycles. The highest BCUT2D eigenvalue weighted by Crippen LogP contribution is 2.32. The molecule has 114 valence electrons. The van der Waals surface area contributed by atoms with Crippen LogP contribution in [-0.4, -0.2) is 25.1 Å². The van der Waals surface area contributed by atoms with Gasteiger partial charge in [-0.3, -0.25) is 10.1 Å². The number of amides is 3. The number of primary amides is 1. The number of hydrogen-bond donors (Lipinski definition) is 3. The Bertz CT molecular complexity index is 531. The molecule has 1 aromatic carbocycles. The van der Waals surface area contributed by atoms with Gasteiger partial charge in [-0.25, -0.2) is 4.79 Å².